The highest BCUT2D eigenvalue weighted by molar-refractivity contribution is 5.94. The van der Waals surface area contributed by atoms with Gasteiger partial charge in [0.2, 0.25) is 17.7 Å². The van der Waals surface area contributed by atoms with E-state index in [1.807, 2.05) is 6.07 Å². The summed E-state index contributed by atoms with van der Waals surface area (Å²) in [7, 11) is 0. The van der Waals surface area contributed by atoms with E-state index in [0.717, 1.165) is 5.56 Å². The minimum Gasteiger partial charge on any atom is -0.459 e. The fourth-order valence-corrected chi connectivity index (χ4v) is 3.91. The molecular weight excluding hydrogens is 590 g/mol. The number of benzene rings is 1. The van der Waals surface area contributed by atoms with Crippen molar-refractivity contribution < 1.29 is 47.4 Å². The summed E-state index contributed by atoms with van der Waals surface area (Å²) < 4.78 is 27.3. The van der Waals surface area contributed by atoms with Gasteiger partial charge in [0.1, 0.15) is 41.8 Å². The van der Waals surface area contributed by atoms with Crippen LogP contribution in [0, 0.1) is 0 Å². The number of esters is 1. The zero-order valence-corrected chi connectivity index (χ0v) is 26.0. The van der Waals surface area contributed by atoms with Gasteiger partial charge in [-0.2, -0.15) is 0 Å². The van der Waals surface area contributed by atoms with Gasteiger partial charge in [-0.15, -0.1) is 0 Å². The van der Waals surface area contributed by atoms with Crippen molar-refractivity contribution in [3.63, 3.8) is 0 Å². The quantitative estimate of drug-likeness (QED) is 0.350. The van der Waals surface area contributed by atoms with Crippen molar-refractivity contribution in [3.8, 4) is 0 Å². The first-order valence-electron chi connectivity index (χ1n) is 14.5. The van der Waals surface area contributed by atoms with Gasteiger partial charge in [0, 0.05) is 12.5 Å². The van der Waals surface area contributed by atoms with E-state index in [4.69, 9.17) is 23.5 Å². The number of hydrogen-bond donors (Lipinski definition) is 4. The molecule has 3 rings (SSSR count). The molecular formula is C30H41N5O10. The van der Waals surface area contributed by atoms with Crippen LogP contribution >= 0.6 is 0 Å². The minimum atomic E-state index is -1.21. The van der Waals surface area contributed by atoms with Crippen molar-refractivity contribution in [1.29, 1.82) is 0 Å². The molecule has 2 aromatic rings. The largest absolute Gasteiger partial charge is 0.459 e. The lowest BCUT2D eigenvalue weighted by Crippen LogP contribution is -2.57. The molecule has 0 fully saturated rings. The topological polar surface area (TPSA) is 196 Å². The van der Waals surface area contributed by atoms with E-state index in [9.17, 15) is 24.0 Å². The summed E-state index contributed by atoms with van der Waals surface area (Å²) in [6.07, 6.45) is -0.561. The maximum Gasteiger partial charge on any atom is 0.408 e. The number of aromatic nitrogens is 1. The Morgan fingerprint density at radius 2 is 1.62 bits per heavy atom. The SMILES string of the molecule is C[C@@H]1NC(=O)[C@@H](C)NC(=O)C(NC(=O)OC(C)(C)C)COCCc2cc(no2)COCC(C(=O)OCc2ccccc2)NC1=O. The first-order chi connectivity index (χ1) is 21.3. The maximum atomic E-state index is 13.1. The third-order valence-corrected chi connectivity index (χ3v) is 6.26. The van der Waals surface area contributed by atoms with E-state index in [1.165, 1.54) is 13.8 Å². The third kappa shape index (κ3) is 12.2. The Morgan fingerprint density at radius 3 is 2.31 bits per heavy atom. The zero-order chi connectivity index (χ0) is 33.0. The van der Waals surface area contributed by atoms with Gasteiger partial charge >= 0.3 is 12.1 Å². The second kappa shape index (κ2) is 16.5. The normalized spacial score (nSPS) is 22.6. The van der Waals surface area contributed by atoms with Crippen LogP contribution in [0.5, 0.6) is 0 Å². The lowest BCUT2D eigenvalue weighted by molar-refractivity contribution is -0.151. The number of rotatable bonds is 4. The Kier molecular flexibility index (Phi) is 12.9. The first kappa shape index (κ1) is 35.0. The van der Waals surface area contributed by atoms with Crippen molar-refractivity contribution in [3.05, 3.63) is 53.4 Å². The number of alkyl carbamates (subject to hydrolysis) is 1. The van der Waals surface area contributed by atoms with Crippen LogP contribution in [0.25, 0.3) is 0 Å². The Balaban J connectivity index is 1.74. The van der Waals surface area contributed by atoms with Crippen LogP contribution in [0.3, 0.4) is 0 Å². The molecule has 1 aromatic heterocycles. The van der Waals surface area contributed by atoms with Crippen molar-refractivity contribution in [2.45, 2.75) is 84.0 Å². The Labute approximate surface area is 261 Å². The van der Waals surface area contributed by atoms with Crippen LogP contribution in [0.15, 0.2) is 40.9 Å². The lowest BCUT2D eigenvalue weighted by Gasteiger charge is -2.25. The highest BCUT2D eigenvalue weighted by Gasteiger charge is 2.30. The van der Waals surface area contributed by atoms with Crippen molar-refractivity contribution in [1.82, 2.24) is 26.4 Å². The molecule has 0 aliphatic carbocycles. The zero-order valence-electron chi connectivity index (χ0n) is 26.0. The number of fused-ring (bicyclic) bond motifs is 2. The van der Waals surface area contributed by atoms with Gasteiger partial charge in [-0.3, -0.25) is 14.4 Å². The van der Waals surface area contributed by atoms with Crippen LogP contribution in [-0.2, 0) is 57.8 Å². The molecule has 246 valence electrons. The van der Waals surface area contributed by atoms with E-state index in [1.54, 1.807) is 51.1 Å². The summed E-state index contributed by atoms with van der Waals surface area (Å²) >= 11 is 0. The molecule has 4 N–H and O–H groups in total. The van der Waals surface area contributed by atoms with Gasteiger partial charge in [-0.1, -0.05) is 35.5 Å². The van der Waals surface area contributed by atoms with Gasteiger partial charge < -0.3 is 44.7 Å². The highest BCUT2D eigenvalue weighted by Crippen LogP contribution is 2.09. The number of nitrogens with zero attached hydrogens (tertiary/aromatic N) is 1. The predicted octanol–water partition coefficient (Wildman–Crippen LogP) is 0.895. The van der Waals surface area contributed by atoms with E-state index in [2.05, 4.69) is 26.4 Å². The second-order valence-electron chi connectivity index (χ2n) is 11.4. The molecule has 4 atom stereocenters. The summed E-state index contributed by atoms with van der Waals surface area (Å²) in [5, 5.41) is 14.0. The number of hydrogen-bond acceptors (Lipinski definition) is 11. The van der Waals surface area contributed by atoms with Gasteiger partial charge in [0.25, 0.3) is 0 Å². The number of carbonyl (C=O) groups is 5. The molecule has 0 spiro atoms. The summed E-state index contributed by atoms with van der Waals surface area (Å²) in [4.78, 5) is 64.3. The number of ether oxygens (including phenoxy) is 4. The monoisotopic (exact) mass is 631 g/mol. The Bertz CT molecular complexity index is 1310. The lowest BCUT2D eigenvalue weighted by atomic mass is 10.2. The summed E-state index contributed by atoms with van der Waals surface area (Å²) in [5.41, 5.74) is 0.369. The van der Waals surface area contributed by atoms with E-state index in [-0.39, 0.29) is 39.5 Å². The predicted molar refractivity (Wildman–Crippen MR) is 157 cm³/mol. The molecule has 2 bridgehead atoms. The third-order valence-electron chi connectivity index (χ3n) is 6.26. The highest BCUT2D eigenvalue weighted by atomic mass is 16.6. The minimum absolute atomic E-state index is 0.0198. The van der Waals surface area contributed by atoms with Crippen LogP contribution in [0.4, 0.5) is 4.79 Å². The number of nitrogens with one attached hydrogen (secondary N) is 4. The number of amides is 4. The molecule has 45 heavy (non-hydrogen) atoms. The summed E-state index contributed by atoms with van der Waals surface area (Å²) in [6.45, 7) is 7.43. The molecule has 1 aliphatic heterocycles. The maximum absolute atomic E-state index is 13.1. The van der Waals surface area contributed by atoms with Gasteiger partial charge in [-0.25, -0.2) is 9.59 Å². The van der Waals surface area contributed by atoms with Crippen molar-refractivity contribution in [2.24, 2.45) is 0 Å². The first-order valence-corrected chi connectivity index (χ1v) is 14.5. The van der Waals surface area contributed by atoms with Crippen molar-refractivity contribution >= 4 is 29.8 Å². The molecule has 15 nitrogen and oxygen atoms in total. The van der Waals surface area contributed by atoms with E-state index < -0.39 is 59.6 Å². The molecule has 4 amide bonds. The molecule has 0 saturated heterocycles. The molecule has 1 aliphatic rings. The fraction of sp³-hybridized carbons (Fsp3) is 0.533. The molecule has 2 unspecified atom stereocenters. The van der Waals surface area contributed by atoms with Gasteiger partial charge in [-0.05, 0) is 40.2 Å². The number of carbonyl (C=O) groups excluding carboxylic acids is 5. The van der Waals surface area contributed by atoms with Crippen LogP contribution in [0.2, 0.25) is 0 Å². The molecule has 15 heteroatoms. The molecule has 1 aromatic carbocycles. The average molecular weight is 632 g/mol. The fourth-order valence-electron chi connectivity index (χ4n) is 3.91. The average Bonchev–Trinajstić information content (AvgIpc) is 3.43. The van der Waals surface area contributed by atoms with Crippen LogP contribution < -0.4 is 21.3 Å². The molecule has 0 radical (unpaired) electrons. The standard InChI is InChI=1S/C30H41N5O10/c1-18-25(36)31-19(2)26(37)33-24(28(39)43-14-20-9-7-6-8-10-20)17-42-15-21-13-22(45-35-21)11-12-41-16-23(27(38)32-18)34-29(40)44-30(3,4)5/h6-10,13,18-19,23-24H,11-12,14-17H2,1-5H3,(H,31,36)(H,32,38)(H,33,37)(H,34,40)/t18-,19+,23?,24?/m1/s1. The van der Waals surface area contributed by atoms with Crippen LogP contribution in [-0.4, -0.2) is 84.5 Å². The van der Waals surface area contributed by atoms with Gasteiger partial charge in [0.05, 0.1) is 26.4 Å². The smallest absolute Gasteiger partial charge is 0.408 e. The van der Waals surface area contributed by atoms with E-state index >= 15 is 0 Å². The van der Waals surface area contributed by atoms with Crippen molar-refractivity contribution in [2.75, 3.05) is 19.8 Å². The van der Waals surface area contributed by atoms with Crippen LogP contribution in [0.1, 0.15) is 51.6 Å². The van der Waals surface area contributed by atoms with Gasteiger partial charge in [0.15, 0.2) is 6.04 Å². The Morgan fingerprint density at radius 1 is 0.956 bits per heavy atom. The molecule has 0 saturated carbocycles. The second-order valence-corrected chi connectivity index (χ2v) is 11.4. The summed E-state index contributed by atoms with van der Waals surface area (Å²) in [5.74, 6) is -2.36. The summed E-state index contributed by atoms with van der Waals surface area (Å²) in [6, 6.07) is 6.03. The Hall–Kier alpha value is -4.50. The van der Waals surface area contributed by atoms with E-state index in [0.29, 0.717) is 11.5 Å². The molecule has 2 heterocycles.